The second-order valence-corrected chi connectivity index (χ2v) is 7.79. The highest BCUT2D eigenvalue weighted by atomic mass is 19.1. The predicted molar refractivity (Wildman–Crippen MR) is 114 cm³/mol. The molecule has 1 aromatic heterocycles. The number of hydrogen-bond acceptors (Lipinski definition) is 4. The highest BCUT2D eigenvalue weighted by Crippen LogP contribution is 2.28. The van der Waals surface area contributed by atoms with Gasteiger partial charge < -0.3 is 15.2 Å². The number of carbonyl (C=O) groups is 3. The largest absolute Gasteiger partial charge is 0.350 e. The zero-order chi connectivity index (χ0) is 22.7. The molecule has 1 atom stereocenters. The second-order valence-electron chi connectivity index (χ2n) is 7.79. The maximum absolute atomic E-state index is 13.2. The molecule has 1 unspecified atom stereocenters. The molecular weight excluding hydrogens is 413 g/mol. The Hall–Kier alpha value is -4.01. The van der Waals surface area contributed by atoms with E-state index in [2.05, 4.69) is 15.6 Å². The summed E-state index contributed by atoms with van der Waals surface area (Å²) in [5.74, 6) is -1.47. The molecule has 2 N–H and O–H groups in total. The molecule has 1 fully saturated rings. The van der Waals surface area contributed by atoms with E-state index in [-0.39, 0.29) is 6.54 Å². The van der Waals surface area contributed by atoms with Crippen LogP contribution in [0.5, 0.6) is 0 Å². The molecule has 8 nitrogen and oxygen atoms in total. The first-order chi connectivity index (χ1) is 15.3. The molecule has 2 aromatic carbocycles. The van der Waals surface area contributed by atoms with Crippen LogP contribution in [0.15, 0.2) is 67.3 Å². The molecule has 0 radical (unpaired) electrons. The van der Waals surface area contributed by atoms with Gasteiger partial charge in [-0.2, -0.15) is 0 Å². The van der Waals surface area contributed by atoms with Gasteiger partial charge >= 0.3 is 6.03 Å². The number of halogens is 1. The van der Waals surface area contributed by atoms with E-state index >= 15 is 0 Å². The number of nitrogens with zero attached hydrogens (tertiary/aromatic N) is 3. The van der Waals surface area contributed by atoms with Crippen molar-refractivity contribution in [2.45, 2.75) is 25.6 Å². The summed E-state index contributed by atoms with van der Waals surface area (Å²) in [6.07, 6.45) is 5.31. The lowest BCUT2D eigenvalue weighted by Gasteiger charge is -2.22. The van der Waals surface area contributed by atoms with Crippen LogP contribution in [0.2, 0.25) is 0 Å². The van der Waals surface area contributed by atoms with Gasteiger partial charge in [0, 0.05) is 25.5 Å². The number of aromatic nitrogens is 2. The second kappa shape index (κ2) is 8.62. The van der Waals surface area contributed by atoms with E-state index in [0.717, 1.165) is 16.0 Å². The molecule has 1 aliphatic heterocycles. The lowest BCUT2D eigenvalue weighted by Crippen LogP contribution is -2.43. The van der Waals surface area contributed by atoms with Crippen molar-refractivity contribution >= 4 is 17.8 Å². The molecule has 3 aromatic rings. The van der Waals surface area contributed by atoms with Crippen LogP contribution in [0.3, 0.4) is 0 Å². The summed E-state index contributed by atoms with van der Waals surface area (Å²) in [5, 5.41) is 5.35. The molecule has 0 spiro atoms. The minimum absolute atomic E-state index is 0.259. The van der Waals surface area contributed by atoms with Gasteiger partial charge in [0.25, 0.3) is 5.91 Å². The number of imidazole rings is 1. The smallest absolute Gasteiger partial charge is 0.325 e. The summed E-state index contributed by atoms with van der Waals surface area (Å²) in [6, 6.07) is 12.4. The number of carbonyl (C=O) groups excluding carboxylic acids is 3. The average Bonchev–Trinajstić information content (AvgIpc) is 3.36. The van der Waals surface area contributed by atoms with E-state index < -0.39 is 35.7 Å². The molecule has 1 saturated heterocycles. The zero-order valence-electron chi connectivity index (χ0n) is 17.4. The van der Waals surface area contributed by atoms with Crippen molar-refractivity contribution in [2.24, 2.45) is 0 Å². The van der Waals surface area contributed by atoms with E-state index in [1.54, 1.807) is 12.5 Å². The zero-order valence-corrected chi connectivity index (χ0v) is 17.4. The SMILES string of the molecule is CC1(c2ccc(F)cc2)NC(=O)N(CC(=O)NCc2cccc(Cn3ccnc3)c2)C1=O. The Morgan fingerprint density at radius 2 is 1.91 bits per heavy atom. The fourth-order valence-corrected chi connectivity index (χ4v) is 3.65. The third kappa shape index (κ3) is 4.36. The van der Waals surface area contributed by atoms with Gasteiger partial charge in [-0.15, -0.1) is 0 Å². The van der Waals surface area contributed by atoms with Gasteiger partial charge in [-0.3, -0.25) is 14.5 Å². The van der Waals surface area contributed by atoms with Gasteiger partial charge in [0.15, 0.2) is 0 Å². The molecule has 0 bridgehead atoms. The van der Waals surface area contributed by atoms with E-state index in [0.29, 0.717) is 12.1 Å². The van der Waals surface area contributed by atoms with E-state index in [9.17, 15) is 18.8 Å². The van der Waals surface area contributed by atoms with Gasteiger partial charge in [-0.1, -0.05) is 36.4 Å². The summed E-state index contributed by atoms with van der Waals surface area (Å²) >= 11 is 0. The lowest BCUT2D eigenvalue weighted by atomic mass is 9.92. The van der Waals surface area contributed by atoms with Crippen molar-refractivity contribution in [2.75, 3.05) is 6.54 Å². The predicted octanol–water partition coefficient (Wildman–Crippen LogP) is 2.15. The molecule has 4 amide bonds. The van der Waals surface area contributed by atoms with E-state index in [1.165, 1.54) is 31.2 Å². The lowest BCUT2D eigenvalue weighted by molar-refractivity contribution is -0.134. The monoisotopic (exact) mass is 435 g/mol. The molecule has 1 aliphatic rings. The number of imide groups is 1. The fraction of sp³-hybridized carbons (Fsp3) is 0.217. The van der Waals surface area contributed by atoms with Crippen molar-refractivity contribution in [3.63, 3.8) is 0 Å². The summed E-state index contributed by atoms with van der Waals surface area (Å²) < 4.78 is 15.2. The Bertz CT molecular complexity index is 1150. The topological polar surface area (TPSA) is 96.3 Å². The van der Waals surface area contributed by atoms with Crippen LogP contribution < -0.4 is 10.6 Å². The average molecular weight is 435 g/mol. The van der Waals surface area contributed by atoms with Gasteiger partial charge in [-0.25, -0.2) is 14.2 Å². The quantitative estimate of drug-likeness (QED) is 0.556. The van der Waals surface area contributed by atoms with Gasteiger partial charge in [0.2, 0.25) is 5.91 Å². The van der Waals surface area contributed by atoms with Gasteiger partial charge in [0.1, 0.15) is 17.9 Å². The van der Waals surface area contributed by atoms with Crippen LogP contribution in [-0.2, 0) is 28.2 Å². The van der Waals surface area contributed by atoms with Crippen LogP contribution >= 0.6 is 0 Å². The molecule has 32 heavy (non-hydrogen) atoms. The van der Waals surface area contributed by atoms with Gasteiger partial charge in [-0.05, 0) is 35.7 Å². The van der Waals surface area contributed by atoms with Crippen LogP contribution in [-0.4, -0.2) is 38.8 Å². The van der Waals surface area contributed by atoms with Crippen molar-refractivity contribution in [3.05, 3.63) is 89.8 Å². The van der Waals surface area contributed by atoms with Crippen LogP contribution in [0, 0.1) is 5.82 Å². The molecule has 0 saturated carbocycles. The van der Waals surface area contributed by atoms with Crippen LogP contribution in [0.1, 0.15) is 23.6 Å². The molecular formula is C23H22FN5O3. The molecule has 164 valence electrons. The minimum atomic E-state index is -1.35. The van der Waals surface area contributed by atoms with Gasteiger partial charge in [0.05, 0.1) is 6.33 Å². The van der Waals surface area contributed by atoms with E-state index in [1.807, 2.05) is 35.0 Å². The van der Waals surface area contributed by atoms with Crippen molar-refractivity contribution in [3.8, 4) is 0 Å². The normalized spacial score (nSPS) is 18.0. The summed E-state index contributed by atoms with van der Waals surface area (Å²) in [6.45, 7) is 2.04. The first-order valence-electron chi connectivity index (χ1n) is 10.1. The van der Waals surface area contributed by atoms with Crippen molar-refractivity contribution in [1.82, 2.24) is 25.1 Å². The standard InChI is InChI=1S/C23H22FN5O3/c1-23(18-5-7-19(24)8-6-18)21(31)29(22(32)27-23)14-20(30)26-12-16-3-2-4-17(11-16)13-28-10-9-25-15-28/h2-11,15H,12-14H2,1H3,(H,26,30)(H,27,32). The first kappa shape index (κ1) is 21.2. The third-order valence-corrected chi connectivity index (χ3v) is 5.40. The number of rotatable bonds is 7. The fourth-order valence-electron chi connectivity index (χ4n) is 3.65. The molecule has 4 rings (SSSR count). The maximum Gasteiger partial charge on any atom is 0.325 e. The molecule has 9 heteroatoms. The Morgan fingerprint density at radius 3 is 2.62 bits per heavy atom. The highest BCUT2D eigenvalue weighted by Gasteiger charge is 2.49. The molecule has 0 aliphatic carbocycles. The Kier molecular flexibility index (Phi) is 5.72. The third-order valence-electron chi connectivity index (χ3n) is 5.40. The van der Waals surface area contributed by atoms with Crippen LogP contribution in [0.4, 0.5) is 9.18 Å². The summed E-state index contributed by atoms with van der Waals surface area (Å²) in [5.41, 5.74) is 1.03. The number of hydrogen-bond donors (Lipinski definition) is 2. The maximum atomic E-state index is 13.2. The highest BCUT2D eigenvalue weighted by molar-refractivity contribution is 6.09. The molecule has 2 heterocycles. The number of urea groups is 1. The Balaban J connectivity index is 1.36. The van der Waals surface area contributed by atoms with Crippen molar-refractivity contribution < 1.29 is 18.8 Å². The number of benzene rings is 2. The summed E-state index contributed by atoms with van der Waals surface area (Å²) in [4.78, 5) is 42.6. The Labute approximate surface area is 184 Å². The minimum Gasteiger partial charge on any atom is -0.350 e. The first-order valence-corrected chi connectivity index (χ1v) is 10.1. The number of nitrogens with one attached hydrogen (secondary N) is 2. The van der Waals surface area contributed by atoms with Crippen molar-refractivity contribution in [1.29, 1.82) is 0 Å². The summed E-state index contributed by atoms with van der Waals surface area (Å²) in [7, 11) is 0. The van der Waals surface area contributed by atoms with Crippen LogP contribution in [0.25, 0.3) is 0 Å². The Morgan fingerprint density at radius 1 is 1.16 bits per heavy atom. The van der Waals surface area contributed by atoms with E-state index in [4.69, 9.17) is 0 Å². The number of amides is 4.